The van der Waals surface area contributed by atoms with Gasteiger partial charge in [0.05, 0.1) is 29.6 Å². The first-order valence-electron chi connectivity index (χ1n) is 7.77. The maximum atomic E-state index is 13.2. The topological polar surface area (TPSA) is 69.3 Å². The van der Waals surface area contributed by atoms with Crippen LogP contribution in [0.25, 0.3) is 11.0 Å². The third kappa shape index (κ3) is 4.07. The van der Waals surface area contributed by atoms with Crippen LogP contribution in [0.4, 0.5) is 26.3 Å². The van der Waals surface area contributed by atoms with Crippen molar-refractivity contribution in [1.82, 2.24) is 19.3 Å². The second-order valence-electron chi connectivity index (χ2n) is 6.06. The second kappa shape index (κ2) is 6.92. The summed E-state index contributed by atoms with van der Waals surface area (Å²) in [7, 11) is 0. The predicted molar refractivity (Wildman–Crippen MR) is 83.9 cm³/mol. The van der Waals surface area contributed by atoms with E-state index >= 15 is 0 Å². The molecule has 1 aliphatic rings. The van der Waals surface area contributed by atoms with E-state index in [1.807, 2.05) is 0 Å². The fraction of sp³-hybridized carbons (Fsp3) is 0.400. The number of hydrogen-bond acceptors (Lipinski definition) is 4. The predicted octanol–water partition coefficient (Wildman–Crippen LogP) is 2.97. The molecule has 2 heterocycles. The minimum Gasteiger partial charge on any atom is -0.342 e. The third-order valence-electron chi connectivity index (χ3n) is 4.06. The summed E-state index contributed by atoms with van der Waals surface area (Å²) in [6.45, 7) is -0.0413. The van der Waals surface area contributed by atoms with Crippen molar-refractivity contribution in [3.63, 3.8) is 0 Å². The van der Waals surface area contributed by atoms with Crippen molar-refractivity contribution >= 4 is 34.6 Å². The van der Waals surface area contributed by atoms with Gasteiger partial charge in [-0.3, -0.25) is 14.5 Å². The molecule has 0 spiro atoms. The summed E-state index contributed by atoms with van der Waals surface area (Å²) in [5.41, 5.74) is -4.32. The van der Waals surface area contributed by atoms with Gasteiger partial charge in [0.1, 0.15) is 11.3 Å². The van der Waals surface area contributed by atoms with Crippen LogP contribution in [0, 0.1) is 0 Å². The van der Waals surface area contributed by atoms with E-state index in [9.17, 15) is 35.9 Å². The minimum absolute atomic E-state index is 0.0204. The third-order valence-corrected chi connectivity index (χ3v) is 4.35. The molecule has 152 valence electrons. The van der Waals surface area contributed by atoms with Crippen LogP contribution in [-0.2, 0) is 28.4 Å². The number of alkyl halides is 6. The Morgan fingerprint density at radius 1 is 1.14 bits per heavy atom. The number of rotatable bonds is 2. The van der Waals surface area contributed by atoms with E-state index in [4.69, 9.17) is 11.8 Å². The molecule has 0 unspecified atom stereocenters. The molecule has 13 heteroatoms. The standard InChI is InChI=1S/C15H11ClF6N4O2/c16-25-1-2-26(12(28)6-25)11(27)5-10-23-9-4-7(14(17,18)19)3-8(13(9)24-10)15(20,21)22/h3-4H,1-2,5-6H2,(H,23,24). The molecule has 2 aromatic rings. The van der Waals surface area contributed by atoms with E-state index in [-0.39, 0.29) is 31.5 Å². The highest BCUT2D eigenvalue weighted by Crippen LogP contribution is 2.39. The van der Waals surface area contributed by atoms with Crippen LogP contribution in [0.2, 0.25) is 0 Å². The maximum Gasteiger partial charge on any atom is 0.418 e. The summed E-state index contributed by atoms with van der Waals surface area (Å²) >= 11 is 5.66. The molecule has 0 radical (unpaired) electrons. The van der Waals surface area contributed by atoms with Gasteiger partial charge in [-0.25, -0.2) is 9.40 Å². The van der Waals surface area contributed by atoms with E-state index in [2.05, 4.69) is 9.97 Å². The fourth-order valence-electron chi connectivity index (χ4n) is 2.78. The van der Waals surface area contributed by atoms with E-state index in [1.54, 1.807) is 0 Å². The molecule has 0 bridgehead atoms. The van der Waals surface area contributed by atoms with Gasteiger partial charge < -0.3 is 4.98 Å². The van der Waals surface area contributed by atoms with Gasteiger partial charge in [0.25, 0.3) is 0 Å². The molecular formula is C15H11ClF6N4O2. The Morgan fingerprint density at radius 3 is 2.39 bits per heavy atom. The molecule has 0 atom stereocenters. The second-order valence-corrected chi connectivity index (χ2v) is 6.54. The highest BCUT2D eigenvalue weighted by molar-refractivity contribution is 6.15. The molecule has 3 rings (SSSR count). The summed E-state index contributed by atoms with van der Waals surface area (Å²) in [5.74, 6) is -1.64. The average Bonchev–Trinajstić information content (AvgIpc) is 2.93. The van der Waals surface area contributed by atoms with Crippen molar-refractivity contribution in [2.24, 2.45) is 0 Å². The van der Waals surface area contributed by atoms with Crippen molar-refractivity contribution in [2.45, 2.75) is 18.8 Å². The monoisotopic (exact) mass is 428 g/mol. The number of halogens is 7. The van der Waals surface area contributed by atoms with E-state index in [0.717, 1.165) is 4.90 Å². The van der Waals surface area contributed by atoms with E-state index in [0.29, 0.717) is 6.07 Å². The molecule has 28 heavy (non-hydrogen) atoms. The Bertz CT molecular complexity index is 939. The van der Waals surface area contributed by atoms with Crippen LogP contribution in [-0.4, -0.2) is 50.7 Å². The largest absolute Gasteiger partial charge is 0.418 e. The highest BCUT2D eigenvalue weighted by Gasteiger charge is 2.39. The van der Waals surface area contributed by atoms with Gasteiger partial charge in [0.2, 0.25) is 11.8 Å². The Hall–Kier alpha value is -2.34. The van der Waals surface area contributed by atoms with Gasteiger partial charge in [-0.1, -0.05) is 0 Å². The average molecular weight is 429 g/mol. The number of carbonyl (C=O) groups is 2. The highest BCUT2D eigenvalue weighted by atomic mass is 35.5. The first-order valence-corrected chi connectivity index (χ1v) is 8.11. The van der Waals surface area contributed by atoms with Crippen LogP contribution < -0.4 is 0 Å². The van der Waals surface area contributed by atoms with Crippen LogP contribution >= 0.6 is 11.8 Å². The number of carbonyl (C=O) groups excluding carboxylic acids is 2. The van der Waals surface area contributed by atoms with Crippen molar-refractivity contribution in [3.05, 3.63) is 29.1 Å². The lowest BCUT2D eigenvalue weighted by Gasteiger charge is -2.28. The first-order chi connectivity index (χ1) is 12.9. The summed E-state index contributed by atoms with van der Waals surface area (Å²) in [5, 5.41) is 0. The Balaban J connectivity index is 1.95. The number of benzene rings is 1. The summed E-state index contributed by atoms with van der Waals surface area (Å²) in [6.07, 6.45) is -10.7. The SMILES string of the molecule is O=C(Cc1nc2c(C(F)(F)F)cc(C(F)(F)F)cc2[nH]1)N1CCN(Cl)CC1=O. The van der Waals surface area contributed by atoms with Crippen LogP contribution in [0.1, 0.15) is 17.0 Å². The number of hydrogen-bond donors (Lipinski definition) is 1. The zero-order valence-corrected chi connectivity index (χ0v) is 14.5. The molecule has 0 aliphatic carbocycles. The Kier molecular flexibility index (Phi) is 5.04. The quantitative estimate of drug-likeness (QED) is 0.590. The number of imide groups is 1. The van der Waals surface area contributed by atoms with Crippen molar-refractivity contribution < 1.29 is 35.9 Å². The van der Waals surface area contributed by atoms with Crippen LogP contribution in [0.3, 0.4) is 0 Å². The van der Waals surface area contributed by atoms with Gasteiger partial charge in [-0.05, 0) is 23.9 Å². The van der Waals surface area contributed by atoms with Gasteiger partial charge in [0.15, 0.2) is 0 Å². The van der Waals surface area contributed by atoms with Gasteiger partial charge in [-0.15, -0.1) is 0 Å². The molecule has 0 saturated carbocycles. The number of aromatic nitrogens is 2. The van der Waals surface area contributed by atoms with Crippen molar-refractivity contribution in [1.29, 1.82) is 0 Å². The molecular weight excluding hydrogens is 418 g/mol. The number of nitrogens with one attached hydrogen (secondary N) is 1. The zero-order valence-electron chi connectivity index (χ0n) is 13.8. The fourth-order valence-corrected chi connectivity index (χ4v) is 2.96. The minimum atomic E-state index is -5.08. The summed E-state index contributed by atoms with van der Waals surface area (Å²) < 4.78 is 79.4. The smallest absolute Gasteiger partial charge is 0.342 e. The van der Waals surface area contributed by atoms with Gasteiger partial charge in [-0.2, -0.15) is 26.3 Å². The number of imidazole rings is 1. The molecule has 1 saturated heterocycles. The Labute approximate surface area is 158 Å². The normalized spacial score (nSPS) is 16.8. The molecule has 6 nitrogen and oxygen atoms in total. The van der Waals surface area contributed by atoms with Crippen LogP contribution in [0.15, 0.2) is 12.1 Å². The molecule has 1 aromatic carbocycles. The number of fused-ring (bicyclic) bond motifs is 1. The lowest BCUT2D eigenvalue weighted by atomic mass is 10.1. The number of amides is 2. The lowest BCUT2D eigenvalue weighted by molar-refractivity contribution is -0.147. The first kappa shape index (κ1) is 20.4. The number of H-pyrrole nitrogens is 1. The number of nitrogens with zero attached hydrogens (tertiary/aromatic N) is 3. The molecule has 1 fully saturated rings. The Morgan fingerprint density at radius 2 is 1.82 bits per heavy atom. The summed E-state index contributed by atoms with van der Waals surface area (Å²) in [6, 6.07) is 0.459. The van der Waals surface area contributed by atoms with Gasteiger partial charge in [0, 0.05) is 13.1 Å². The molecule has 1 N–H and O–H groups in total. The van der Waals surface area contributed by atoms with E-state index < -0.39 is 52.7 Å². The van der Waals surface area contributed by atoms with Crippen molar-refractivity contribution in [3.8, 4) is 0 Å². The number of piperazine rings is 1. The lowest BCUT2D eigenvalue weighted by Crippen LogP contribution is -2.50. The van der Waals surface area contributed by atoms with Crippen molar-refractivity contribution in [2.75, 3.05) is 19.6 Å². The van der Waals surface area contributed by atoms with Gasteiger partial charge >= 0.3 is 12.4 Å². The summed E-state index contributed by atoms with van der Waals surface area (Å²) in [4.78, 5) is 30.9. The zero-order chi connectivity index (χ0) is 20.9. The maximum absolute atomic E-state index is 13.2. The molecule has 2 amide bonds. The molecule has 1 aromatic heterocycles. The molecule has 1 aliphatic heterocycles. The van der Waals surface area contributed by atoms with Crippen LogP contribution in [0.5, 0.6) is 0 Å². The number of aromatic amines is 1. The van der Waals surface area contributed by atoms with E-state index in [1.165, 1.54) is 4.42 Å².